The number of rotatable bonds is 8. The highest BCUT2D eigenvalue weighted by Crippen LogP contribution is 2.15. The third-order valence-corrected chi connectivity index (χ3v) is 4.11. The lowest BCUT2D eigenvalue weighted by Gasteiger charge is -2.15. The zero-order valence-corrected chi connectivity index (χ0v) is 14.9. The average Bonchev–Trinajstić information content (AvgIpc) is 2.98. The zero-order chi connectivity index (χ0) is 18.2. The van der Waals surface area contributed by atoms with Crippen LogP contribution in [0, 0.1) is 5.92 Å². The molecule has 2 rings (SSSR count). The highest BCUT2D eigenvalue weighted by atomic mass is 16.5. The molecule has 0 saturated carbocycles. The first kappa shape index (κ1) is 19.0. The maximum atomic E-state index is 12.0. The van der Waals surface area contributed by atoms with Crippen molar-refractivity contribution in [3.63, 3.8) is 0 Å². The smallest absolute Gasteiger partial charge is 0.338 e. The van der Waals surface area contributed by atoms with Crippen LogP contribution in [0.5, 0.6) is 0 Å². The van der Waals surface area contributed by atoms with Crippen LogP contribution in [0.2, 0.25) is 0 Å². The Morgan fingerprint density at radius 2 is 1.96 bits per heavy atom. The van der Waals surface area contributed by atoms with Crippen molar-refractivity contribution < 1.29 is 19.1 Å². The highest BCUT2D eigenvalue weighted by Gasteiger charge is 2.20. The van der Waals surface area contributed by atoms with Crippen molar-refractivity contribution in [3.05, 3.63) is 35.4 Å². The van der Waals surface area contributed by atoms with Gasteiger partial charge in [-0.1, -0.05) is 26.0 Å². The summed E-state index contributed by atoms with van der Waals surface area (Å²) in [5, 5.41) is 2.72. The molecule has 0 unspecified atom stereocenters. The van der Waals surface area contributed by atoms with E-state index in [1.54, 1.807) is 12.1 Å². The van der Waals surface area contributed by atoms with Gasteiger partial charge in [-0.25, -0.2) is 4.79 Å². The fourth-order valence-corrected chi connectivity index (χ4v) is 2.60. The number of ether oxygens (including phenoxy) is 1. The maximum Gasteiger partial charge on any atom is 0.338 e. The molecule has 2 amide bonds. The van der Waals surface area contributed by atoms with E-state index in [-0.39, 0.29) is 18.4 Å². The zero-order valence-electron chi connectivity index (χ0n) is 14.9. The predicted molar refractivity (Wildman–Crippen MR) is 93.8 cm³/mol. The number of hydrogen-bond donors (Lipinski definition) is 1. The van der Waals surface area contributed by atoms with E-state index < -0.39 is 5.97 Å². The number of carbonyl (C=O) groups excluding carboxylic acids is 3. The molecule has 1 heterocycles. The Morgan fingerprint density at radius 1 is 1.24 bits per heavy atom. The molecule has 0 aliphatic carbocycles. The van der Waals surface area contributed by atoms with Crippen LogP contribution < -0.4 is 5.32 Å². The van der Waals surface area contributed by atoms with E-state index in [1.165, 1.54) is 0 Å². The van der Waals surface area contributed by atoms with Gasteiger partial charge in [0, 0.05) is 26.1 Å². The predicted octanol–water partition coefficient (Wildman–Crippen LogP) is 2.13. The number of hydrogen-bond acceptors (Lipinski definition) is 4. The van der Waals surface area contributed by atoms with Crippen molar-refractivity contribution >= 4 is 17.8 Å². The Balaban J connectivity index is 1.76. The third-order valence-electron chi connectivity index (χ3n) is 4.11. The van der Waals surface area contributed by atoms with Gasteiger partial charge < -0.3 is 15.0 Å². The fraction of sp³-hybridized carbons (Fsp3) is 0.526. The molecule has 1 N–H and O–H groups in total. The minimum absolute atomic E-state index is 0.173. The second-order valence-corrected chi connectivity index (χ2v) is 6.72. The van der Waals surface area contributed by atoms with Gasteiger partial charge in [0.1, 0.15) is 0 Å². The molecule has 0 spiro atoms. The molecule has 1 aliphatic heterocycles. The van der Waals surface area contributed by atoms with Crippen LogP contribution in [-0.2, 0) is 20.9 Å². The number of nitrogens with one attached hydrogen (secondary N) is 1. The molecule has 1 aromatic rings. The van der Waals surface area contributed by atoms with Gasteiger partial charge in [-0.2, -0.15) is 0 Å². The summed E-state index contributed by atoms with van der Waals surface area (Å²) in [5.74, 6) is -0.134. The summed E-state index contributed by atoms with van der Waals surface area (Å²) in [6, 6.07) is 6.94. The summed E-state index contributed by atoms with van der Waals surface area (Å²) in [5.41, 5.74) is 1.37. The van der Waals surface area contributed by atoms with Crippen LogP contribution >= 0.6 is 0 Å². The van der Waals surface area contributed by atoms with Crippen LogP contribution in [-0.4, -0.2) is 42.4 Å². The van der Waals surface area contributed by atoms with Crippen LogP contribution in [0.15, 0.2) is 24.3 Å². The van der Waals surface area contributed by atoms with Gasteiger partial charge in [0.15, 0.2) is 6.61 Å². The largest absolute Gasteiger partial charge is 0.452 e. The summed E-state index contributed by atoms with van der Waals surface area (Å²) >= 11 is 0. The molecular formula is C19H26N2O4. The lowest BCUT2D eigenvalue weighted by Crippen LogP contribution is -2.30. The standard InChI is InChI=1S/C19H26N2O4/c1-14(2)9-10-20-17(22)13-25-19(24)16-7-5-15(6-8-16)12-21-11-3-4-18(21)23/h5-8,14H,3-4,9-13H2,1-2H3,(H,20,22). The van der Waals surface area contributed by atoms with Gasteiger partial charge in [-0.15, -0.1) is 0 Å². The molecule has 136 valence electrons. The van der Waals surface area contributed by atoms with E-state index >= 15 is 0 Å². The molecule has 0 atom stereocenters. The van der Waals surface area contributed by atoms with Crippen molar-refractivity contribution in [3.8, 4) is 0 Å². The van der Waals surface area contributed by atoms with Gasteiger partial charge in [0.2, 0.25) is 5.91 Å². The highest BCUT2D eigenvalue weighted by molar-refractivity contribution is 5.91. The van der Waals surface area contributed by atoms with Crippen LogP contribution in [0.4, 0.5) is 0 Å². The van der Waals surface area contributed by atoms with Crippen LogP contribution in [0.3, 0.4) is 0 Å². The van der Waals surface area contributed by atoms with E-state index in [4.69, 9.17) is 4.74 Å². The topological polar surface area (TPSA) is 75.7 Å². The molecule has 0 bridgehead atoms. The second-order valence-electron chi connectivity index (χ2n) is 6.72. The first-order valence-electron chi connectivity index (χ1n) is 8.76. The molecule has 0 aromatic heterocycles. The normalized spacial score (nSPS) is 14.0. The molecule has 6 heteroatoms. The third kappa shape index (κ3) is 6.21. The van der Waals surface area contributed by atoms with Gasteiger partial charge in [0.25, 0.3) is 5.91 Å². The number of amides is 2. The van der Waals surface area contributed by atoms with Crippen LogP contribution in [0.25, 0.3) is 0 Å². The lowest BCUT2D eigenvalue weighted by atomic mass is 10.1. The van der Waals surface area contributed by atoms with Crippen molar-refractivity contribution in [1.29, 1.82) is 0 Å². The van der Waals surface area contributed by atoms with Gasteiger partial charge in [-0.05, 0) is 36.5 Å². The van der Waals surface area contributed by atoms with E-state index in [2.05, 4.69) is 19.2 Å². The molecule has 0 radical (unpaired) electrons. The van der Waals surface area contributed by atoms with Crippen LogP contribution in [0.1, 0.15) is 49.0 Å². The van der Waals surface area contributed by atoms with Crippen molar-refractivity contribution in [1.82, 2.24) is 10.2 Å². The number of benzene rings is 1. The van der Waals surface area contributed by atoms with Crippen molar-refractivity contribution in [2.24, 2.45) is 5.92 Å². The number of esters is 1. The molecule has 1 fully saturated rings. The Bertz CT molecular complexity index is 610. The number of nitrogens with zero attached hydrogens (tertiary/aromatic N) is 1. The maximum absolute atomic E-state index is 12.0. The summed E-state index contributed by atoms with van der Waals surface area (Å²) < 4.78 is 5.02. The second kappa shape index (κ2) is 9.20. The quantitative estimate of drug-likeness (QED) is 0.732. The van der Waals surface area contributed by atoms with E-state index in [1.807, 2.05) is 17.0 Å². The minimum Gasteiger partial charge on any atom is -0.452 e. The Labute approximate surface area is 148 Å². The first-order chi connectivity index (χ1) is 12.0. The van der Waals surface area contributed by atoms with Gasteiger partial charge in [0.05, 0.1) is 5.56 Å². The Morgan fingerprint density at radius 3 is 2.56 bits per heavy atom. The molecule has 25 heavy (non-hydrogen) atoms. The average molecular weight is 346 g/mol. The molecule has 1 aromatic carbocycles. The van der Waals surface area contributed by atoms with Gasteiger partial charge in [-0.3, -0.25) is 9.59 Å². The summed E-state index contributed by atoms with van der Waals surface area (Å²) in [4.78, 5) is 37.0. The lowest BCUT2D eigenvalue weighted by molar-refractivity contribution is -0.128. The summed E-state index contributed by atoms with van der Waals surface area (Å²) in [6.07, 6.45) is 2.41. The monoisotopic (exact) mass is 346 g/mol. The Kier molecular flexibility index (Phi) is 6.98. The van der Waals surface area contributed by atoms with E-state index in [9.17, 15) is 14.4 Å². The molecule has 1 aliphatic rings. The molecule has 6 nitrogen and oxygen atoms in total. The summed E-state index contributed by atoms with van der Waals surface area (Å²) in [7, 11) is 0. The van der Waals surface area contributed by atoms with E-state index in [0.29, 0.717) is 31.0 Å². The summed E-state index contributed by atoms with van der Waals surface area (Å²) in [6.45, 7) is 5.81. The van der Waals surface area contributed by atoms with Crippen molar-refractivity contribution in [2.45, 2.75) is 39.7 Å². The fourth-order valence-electron chi connectivity index (χ4n) is 2.60. The minimum atomic E-state index is -0.525. The molecule has 1 saturated heterocycles. The van der Waals surface area contributed by atoms with E-state index in [0.717, 1.165) is 24.9 Å². The SMILES string of the molecule is CC(C)CCNC(=O)COC(=O)c1ccc(CN2CCCC2=O)cc1. The number of likely N-dealkylation sites (tertiary alicyclic amines) is 1. The number of carbonyl (C=O) groups is 3. The van der Waals surface area contributed by atoms with Crippen molar-refractivity contribution in [2.75, 3.05) is 19.7 Å². The Hall–Kier alpha value is -2.37. The van der Waals surface area contributed by atoms with Gasteiger partial charge >= 0.3 is 5.97 Å². The first-order valence-corrected chi connectivity index (χ1v) is 8.76. The molecular weight excluding hydrogens is 320 g/mol.